The molecule has 1 aromatic carbocycles. The molecule has 0 radical (unpaired) electrons. The van der Waals surface area contributed by atoms with E-state index in [9.17, 15) is 18.3 Å². The lowest BCUT2D eigenvalue weighted by atomic mass is 10.0. The fraction of sp³-hybridized carbons (Fsp3) is 0.273. The Bertz CT molecular complexity index is 398. The molecule has 4 heteroatoms. The van der Waals surface area contributed by atoms with Crippen LogP contribution in [0, 0.1) is 18.8 Å². The van der Waals surface area contributed by atoms with Gasteiger partial charge in [0.2, 0.25) is 0 Å². The number of aliphatic hydroxyl groups excluding tert-OH is 1. The first-order valence-corrected chi connectivity index (χ1v) is 4.23. The molecule has 1 N–H and O–H groups in total. The largest absolute Gasteiger partial charge is 0.457 e. The average molecular weight is 214 g/mol. The van der Waals surface area contributed by atoms with Crippen molar-refractivity contribution in [3.8, 4) is 11.8 Å². The molecule has 0 saturated carbocycles. The van der Waals surface area contributed by atoms with Gasteiger partial charge in [0.1, 0.15) is 6.10 Å². The minimum absolute atomic E-state index is 0.397. The lowest BCUT2D eigenvalue weighted by molar-refractivity contribution is -0.0700. The highest BCUT2D eigenvalue weighted by atomic mass is 19.4. The highest BCUT2D eigenvalue weighted by Gasteiger charge is 2.23. The van der Waals surface area contributed by atoms with Gasteiger partial charge >= 0.3 is 6.18 Å². The molecule has 0 aliphatic heterocycles. The Kier molecular flexibility index (Phi) is 3.38. The predicted octanol–water partition coefficient (Wildman–Crippen LogP) is 2.59. The highest BCUT2D eigenvalue weighted by Crippen LogP contribution is 2.18. The molecule has 0 aliphatic carbocycles. The van der Waals surface area contributed by atoms with Gasteiger partial charge in [0, 0.05) is 5.92 Å². The van der Waals surface area contributed by atoms with Crippen molar-refractivity contribution in [2.45, 2.75) is 19.2 Å². The van der Waals surface area contributed by atoms with Gasteiger partial charge in [-0.25, -0.2) is 0 Å². The maximum absolute atomic E-state index is 11.7. The zero-order chi connectivity index (χ0) is 11.5. The monoisotopic (exact) mass is 214 g/mol. The molecule has 0 bridgehead atoms. The zero-order valence-electron chi connectivity index (χ0n) is 7.97. The molecule has 0 saturated heterocycles. The molecule has 1 aromatic rings. The summed E-state index contributed by atoms with van der Waals surface area (Å²) >= 11 is 0. The fourth-order valence-electron chi connectivity index (χ4n) is 1.12. The van der Waals surface area contributed by atoms with Gasteiger partial charge in [-0.15, -0.1) is 0 Å². The molecule has 0 aliphatic rings. The number of hydrogen-bond donors (Lipinski definition) is 1. The van der Waals surface area contributed by atoms with Crippen LogP contribution in [0.1, 0.15) is 17.2 Å². The molecular formula is C11H9F3O. The third-order valence-corrected chi connectivity index (χ3v) is 1.83. The van der Waals surface area contributed by atoms with Crippen molar-refractivity contribution in [2.75, 3.05) is 0 Å². The molecule has 1 atom stereocenters. The van der Waals surface area contributed by atoms with E-state index in [2.05, 4.69) is 0 Å². The summed E-state index contributed by atoms with van der Waals surface area (Å²) in [5.74, 6) is 2.81. The van der Waals surface area contributed by atoms with E-state index in [1.54, 1.807) is 37.1 Å². The van der Waals surface area contributed by atoms with Crippen molar-refractivity contribution < 1.29 is 18.3 Å². The third kappa shape index (κ3) is 3.64. The number of benzene rings is 1. The second-order valence-corrected chi connectivity index (χ2v) is 3.03. The summed E-state index contributed by atoms with van der Waals surface area (Å²) in [4.78, 5) is 0. The van der Waals surface area contributed by atoms with Crippen molar-refractivity contribution in [2.24, 2.45) is 0 Å². The molecule has 0 amide bonds. The van der Waals surface area contributed by atoms with Crippen LogP contribution >= 0.6 is 0 Å². The van der Waals surface area contributed by atoms with Crippen LogP contribution in [0.5, 0.6) is 0 Å². The zero-order valence-corrected chi connectivity index (χ0v) is 7.97. The van der Waals surface area contributed by atoms with Gasteiger partial charge in [0.15, 0.2) is 0 Å². The van der Waals surface area contributed by atoms with Gasteiger partial charge in [-0.3, -0.25) is 0 Å². The maximum atomic E-state index is 11.7. The number of rotatable bonds is 1. The number of aliphatic hydroxyl groups is 1. The van der Waals surface area contributed by atoms with E-state index in [1.165, 1.54) is 0 Å². The van der Waals surface area contributed by atoms with Crippen molar-refractivity contribution >= 4 is 0 Å². The first kappa shape index (κ1) is 11.6. The topological polar surface area (TPSA) is 20.2 Å². The van der Waals surface area contributed by atoms with Crippen LogP contribution in [0.2, 0.25) is 0 Å². The van der Waals surface area contributed by atoms with Crippen LogP contribution in [0.25, 0.3) is 0 Å². The predicted molar refractivity (Wildman–Crippen MR) is 50.0 cm³/mol. The smallest absolute Gasteiger partial charge is 0.376 e. The van der Waals surface area contributed by atoms with E-state index in [0.29, 0.717) is 11.1 Å². The van der Waals surface area contributed by atoms with Crippen molar-refractivity contribution in [3.63, 3.8) is 0 Å². The van der Waals surface area contributed by atoms with E-state index < -0.39 is 12.3 Å². The lowest BCUT2D eigenvalue weighted by Crippen LogP contribution is -2.04. The van der Waals surface area contributed by atoms with E-state index >= 15 is 0 Å². The van der Waals surface area contributed by atoms with Crippen LogP contribution in [0.4, 0.5) is 13.2 Å². The van der Waals surface area contributed by atoms with Crippen molar-refractivity contribution in [1.29, 1.82) is 0 Å². The molecule has 1 unspecified atom stereocenters. The normalized spacial score (nSPS) is 12.9. The number of halogens is 3. The number of alkyl halides is 3. The average Bonchev–Trinajstić information content (AvgIpc) is 2.14. The quantitative estimate of drug-likeness (QED) is 0.712. The van der Waals surface area contributed by atoms with Crippen LogP contribution in [-0.4, -0.2) is 11.3 Å². The highest BCUT2D eigenvalue weighted by molar-refractivity contribution is 5.32. The van der Waals surface area contributed by atoms with Gasteiger partial charge in [0.25, 0.3) is 0 Å². The Morgan fingerprint density at radius 3 is 2.40 bits per heavy atom. The van der Waals surface area contributed by atoms with E-state index in [-0.39, 0.29) is 0 Å². The molecule has 15 heavy (non-hydrogen) atoms. The second kappa shape index (κ2) is 4.37. The van der Waals surface area contributed by atoms with E-state index in [0.717, 1.165) is 5.92 Å². The molecule has 0 fully saturated rings. The minimum Gasteiger partial charge on any atom is -0.376 e. The Morgan fingerprint density at radius 2 is 1.87 bits per heavy atom. The van der Waals surface area contributed by atoms with Crippen molar-refractivity contribution in [3.05, 3.63) is 35.4 Å². The molecule has 0 spiro atoms. The molecule has 1 nitrogen and oxygen atoms in total. The Hall–Kier alpha value is -1.47. The molecule has 1 rings (SSSR count). The van der Waals surface area contributed by atoms with Crippen LogP contribution in [0.15, 0.2) is 24.3 Å². The summed E-state index contributed by atoms with van der Waals surface area (Å²) in [6.07, 6.45) is -5.96. The molecule has 80 valence electrons. The van der Waals surface area contributed by atoms with E-state index in [4.69, 9.17) is 0 Å². The first-order chi connectivity index (χ1) is 6.90. The van der Waals surface area contributed by atoms with Crippen molar-refractivity contribution in [1.82, 2.24) is 0 Å². The Morgan fingerprint density at radius 1 is 1.27 bits per heavy atom. The summed E-state index contributed by atoms with van der Waals surface area (Å²) in [6, 6.07) is 6.63. The third-order valence-electron chi connectivity index (χ3n) is 1.83. The summed E-state index contributed by atoms with van der Waals surface area (Å²) in [6.45, 7) is 1.70. The van der Waals surface area contributed by atoms with Gasteiger partial charge in [-0.2, -0.15) is 13.2 Å². The van der Waals surface area contributed by atoms with E-state index in [1.807, 2.05) is 0 Å². The molecule has 0 heterocycles. The van der Waals surface area contributed by atoms with Gasteiger partial charge in [-0.05, 0) is 18.1 Å². The van der Waals surface area contributed by atoms with Gasteiger partial charge in [0.05, 0.1) is 0 Å². The number of hydrogen-bond acceptors (Lipinski definition) is 1. The first-order valence-electron chi connectivity index (χ1n) is 4.23. The van der Waals surface area contributed by atoms with Crippen LogP contribution < -0.4 is 0 Å². The standard InChI is InChI=1S/C11H9F3O/c1-8-4-2-3-5-9(8)10(15)6-7-11(12,13)14/h2-5,10,15H,1H3. The minimum atomic E-state index is -4.57. The number of aryl methyl sites for hydroxylation is 1. The Balaban J connectivity index is 2.90. The summed E-state index contributed by atoms with van der Waals surface area (Å²) in [5, 5.41) is 9.39. The summed E-state index contributed by atoms with van der Waals surface area (Å²) < 4.78 is 35.2. The Labute approximate surface area is 85.5 Å². The van der Waals surface area contributed by atoms with Crippen LogP contribution in [-0.2, 0) is 0 Å². The maximum Gasteiger partial charge on any atom is 0.457 e. The van der Waals surface area contributed by atoms with Gasteiger partial charge in [-0.1, -0.05) is 30.2 Å². The fourth-order valence-corrected chi connectivity index (χ4v) is 1.12. The van der Waals surface area contributed by atoms with Crippen LogP contribution in [0.3, 0.4) is 0 Å². The molecule has 0 aromatic heterocycles. The SMILES string of the molecule is Cc1ccccc1C(O)C#CC(F)(F)F. The summed E-state index contributed by atoms with van der Waals surface area (Å²) in [7, 11) is 0. The van der Waals surface area contributed by atoms with Gasteiger partial charge < -0.3 is 5.11 Å². The second-order valence-electron chi connectivity index (χ2n) is 3.03. The summed E-state index contributed by atoms with van der Waals surface area (Å²) in [5.41, 5.74) is 1.11. The lowest BCUT2D eigenvalue weighted by Gasteiger charge is -2.06. The molecular weight excluding hydrogens is 205 g/mol.